The first kappa shape index (κ1) is 19.6. The number of benzene rings is 1. The van der Waals surface area contributed by atoms with Crippen molar-refractivity contribution in [2.75, 3.05) is 33.6 Å². The minimum Gasteiger partial charge on any atom is -0.322 e. The van der Waals surface area contributed by atoms with E-state index >= 15 is 0 Å². The molecule has 0 saturated heterocycles. The second-order valence-corrected chi connectivity index (χ2v) is 11.4. The van der Waals surface area contributed by atoms with Crippen LogP contribution in [-0.2, 0) is 24.7 Å². The molecule has 1 atom stereocenters. The highest BCUT2D eigenvalue weighted by molar-refractivity contribution is 7.76. The lowest BCUT2D eigenvalue weighted by Gasteiger charge is -2.35. The van der Waals surface area contributed by atoms with Crippen molar-refractivity contribution in [1.29, 1.82) is 0 Å². The molecule has 0 spiro atoms. The van der Waals surface area contributed by atoms with E-state index in [1.165, 1.54) is 0 Å². The molecule has 0 aliphatic carbocycles. The second kappa shape index (κ2) is 8.42. The molecule has 1 aromatic carbocycles. The van der Waals surface area contributed by atoms with Crippen LogP contribution in [0.2, 0.25) is 0 Å². The zero-order valence-electron chi connectivity index (χ0n) is 14.1. The van der Waals surface area contributed by atoms with Crippen molar-refractivity contribution in [3.63, 3.8) is 0 Å². The molecule has 22 heavy (non-hydrogen) atoms. The molecule has 0 fully saturated rings. The monoisotopic (exact) mass is 347 g/mol. The van der Waals surface area contributed by atoms with Crippen molar-refractivity contribution in [2.45, 2.75) is 25.9 Å². The minimum absolute atomic E-state index is 0.257. The quantitative estimate of drug-likeness (QED) is 0.624. The zero-order chi connectivity index (χ0) is 16.8. The molecule has 126 valence electrons. The first-order valence-electron chi connectivity index (χ1n) is 7.42. The topological polar surface area (TPSA) is 55.8 Å². The average Bonchev–Trinajstić information content (AvgIpc) is 2.38. The maximum absolute atomic E-state index is 13.1. The van der Waals surface area contributed by atoms with Gasteiger partial charge in [0.1, 0.15) is 7.14 Å². The maximum Gasteiger partial charge on any atom is 0.355 e. The molecule has 0 amide bonds. The van der Waals surface area contributed by atoms with Crippen LogP contribution in [0.5, 0.6) is 0 Å². The Morgan fingerprint density at radius 1 is 1.05 bits per heavy atom. The van der Waals surface area contributed by atoms with Crippen molar-refractivity contribution < 1.29 is 18.2 Å². The van der Waals surface area contributed by atoms with E-state index in [1.54, 1.807) is 27.2 Å². The van der Waals surface area contributed by atoms with Gasteiger partial charge in [0.05, 0.1) is 13.2 Å². The van der Waals surface area contributed by atoms with Crippen molar-refractivity contribution in [2.24, 2.45) is 0 Å². The summed E-state index contributed by atoms with van der Waals surface area (Å²) in [5, 5.41) is 0. The molecule has 7 heteroatoms. The Labute approximate surface area is 133 Å². The SMILES string of the molecule is CCOP(=O)(OCC)C(N(C)Cc1ccccc1)P(C)(C)=O. The van der Waals surface area contributed by atoms with Gasteiger partial charge in [-0.1, -0.05) is 30.3 Å². The third-order valence-electron chi connectivity index (χ3n) is 3.13. The Morgan fingerprint density at radius 3 is 1.95 bits per heavy atom. The fraction of sp³-hybridized carbons (Fsp3) is 0.600. The molecule has 1 rings (SSSR count). The fourth-order valence-electron chi connectivity index (χ4n) is 2.54. The van der Waals surface area contributed by atoms with Crippen molar-refractivity contribution in [1.82, 2.24) is 4.90 Å². The molecule has 0 aromatic heterocycles. The number of hydrogen-bond acceptors (Lipinski definition) is 5. The predicted octanol–water partition coefficient (Wildman–Crippen LogP) is 4.29. The Bertz CT molecular complexity index is 534. The third-order valence-corrected chi connectivity index (χ3v) is 9.35. The molecule has 5 nitrogen and oxygen atoms in total. The summed E-state index contributed by atoms with van der Waals surface area (Å²) in [6.07, 6.45) is 0. The van der Waals surface area contributed by atoms with E-state index in [0.717, 1.165) is 5.56 Å². The minimum atomic E-state index is -3.48. The van der Waals surface area contributed by atoms with E-state index in [-0.39, 0.29) is 13.2 Å². The summed E-state index contributed by atoms with van der Waals surface area (Å²) in [5.74, 6) is 0. The molecule has 1 aromatic rings. The molecule has 0 N–H and O–H groups in total. The van der Waals surface area contributed by atoms with Gasteiger partial charge < -0.3 is 13.6 Å². The summed E-state index contributed by atoms with van der Waals surface area (Å²) in [6, 6.07) is 9.80. The lowest BCUT2D eigenvalue weighted by Crippen LogP contribution is -2.32. The lowest BCUT2D eigenvalue weighted by molar-refractivity contribution is 0.193. The van der Waals surface area contributed by atoms with Crippen molar-refractivity contribution in [3.05, 3.63) is 35.9 Å². The van der Waals surface area contributed by atoms with Crippen LogP contribution in [0.1, 0.15) is 19.4 Å². The van der Waals surface area contributed by atoms with Crippen LogP contribution in [0.25, 0.3) is 0 Å². The Morgan fingerprint density at radius 2 is 1.55 bits per heavy atom. The summed E-state index contributed by atoms with van der Waals surface area (Å²) < 4.78 is 36.8. The highest BCUT2D eigenvalue weighted by Gasteiger charge is 2.46. The normalized spacial score (nSPS) is 14.3. The standard InChI is InChI=1S/C15H27NO4P2/c1-6-19-22(18,20-7-2)15(21(4,5)17)16(3)13-14-11-9-8-10-12-14/h8-12,15H,6-7,13H2,1-5H3. The van der Waals surface area contributed by atoms with Gasteiger partial charge in [-0.15, -0.1) is 0 Å². The van der Waals surface area contributed by atoms with Crippen molar-refractivity contribution >= 4 is 14.7 Å². The van der Waals surface area contributed by atoms with Crippen LogP contribution < -0.4 is 0 Å². The smallest absolute Gasteiger partial charge is 0.322 e. The lowest BCUT2D eigenvalue weighted by atomic mass is 10.2. The van der Waals surface area contributed by atoms with E-state index in [1.807, 2.05) is 42.3 Å². The first-order valence-corrected chi connectivity index (χ1v) is 11.7. The van der Waals surface area contributed by atoms with Gasteiger partial charge >= 0.3 is 7.60 Å². The molecular formula is C15H27NO4P2. The molecule has 1 unspecified atom stereocenters. The van der Waals surface area contributed by atoms with E-state index in [0.29, 0.717) is 6.54 Å². The Hall–Kier alpha value is -0.440. The molecule has 0 radical (unpaired) electrons. The molecule has 0 aliphatic heterocycles. The Kier molecular flexibility index (Phi) is 7.51. The molecule has 0 aliphatic rings. The van der Waals surface area contributed by atoms with Crippen LogP contribution in [0, 0.1) is 0 Å². The summed E-state index contributed by atoms with van der Waals surface area (Å²) >= 11 is 0. The maximum atomic E-state index is 13.1. The van der Waals surface area contributed by atoms with Gasteiger partial charge in [-0.25, -0.2) is 0 Å². The predicted molar refractivity (Wildman–Crippen MR) is 92.0 cm³/mol. The number of rotatable bonds is 9. The third kappa shape index (κ3) is 5.33. The van der Waals surface area contributed by atoms with Gasteiger partial charge in [0.2, 0.25) is 0 Å². The summed E-state index contributed by atoms with van der Waals surface area (Å²) in [6.45, 7) is 7.82. The van der Waals surface area contributed by atoms with Gasteiger partial charge in [0, 0.05) is 6.54 Å². The van der Waals surface area contributed by atoms with Crippen LogP contribution in [0.3, 0.4) is 0 Å². The molecule has 0 saturated carbocycles. The second-order valence-electron chi connectivity index (χ2n) is 5.56. The average molecular weight is 347 g/mol. The van der Waals surface area contributed by atoms with Crippen LogP contribution >= 0.6 is 14.7 Å². The van der Waals surface area contributed by atoms with E-state index < -0.39 is 20.3 Å². The highest BCUT2D eigenvalue weighted by Crippen LogP contribution is 2.67. The molecule has 0 heterocycles. The fourth-order valence-corrected chi connectivity index (χ4v) is 8.32. The van der Waals surface area contributed by atoms with Gasteiger partial charge in [-0.2, -0.15) is 0 Å². The largest absolute Gasteiger partial charge is 0.355 e. The van der Waals surface area contributed by atoms with Gasteiger partial charge in [-0.05, 0) is 39.8 Å². The summed E-state index contributed by atoms with van der Waals surface area (Å²) in [4.78, 5) is 1.82. The molecular weight excluding hydrogens is 320 g/mol. The number of nitrogens with zero attached hydrogens (tertiary/aromatic N) is 1. The van der Waals surface area contributed by atoms with E-state index in [4.69, 9.17) is 9.05 Å². The van der Waals surface area contributed by atoms with Crippen LogP contribution in [0.4, 0.5) is 0 Å². The Balaban J connectivity index is 3.11. The van der Waals surface area contributed by atoms with Crippen LogP contribution in [-0.4, -0.2) is 44.0 Å². The van der Waals surface area contributed by atoms with Gasteiger partial charge in [0.25, 0.3) is 0 Å². The molecule has 0 bridgehead atoms. The van der Waals surface area contributed by atoms with Gasteiger partial charge in [-0.3, -0.25) is 9.46 Å². The number of hydrogen-bond donors (Lipinski definition) is 0. The summed E-state index contributed by atoms with van der Waals surface area (Å²) in [7, 11) is -4.41. The van der Waals surface area contributed by atoms with Gasteiger partial charge in [0.15, 0.2) is 5.52 Å². The summed E-state index contributed by atoms with van der Waals surface area (Å²) in [5.41, 5.74) is 0.308. The van der Waals surface area contributed by atoms with Crippen molar-refractivity contribution in [3.8, 4) is 0 Å². The highest BCUT2D eigenvalue weighted by atomic mass is 31.2. The first-order chi connectivity index (χ1) is 10.2. The van der Waals surface area contributed by atoms with E-state index in [2.05, 4.69) is 0 Å². The van der Waals surface area contributed by atoms with E-state index in [9.17, 15) is 9.13 Å². The zero-order valence-corrected chi connectivity index (χ0v) is 15.8. The van der Waals surface area contributed by atoms with Crippen LogP contribution in [0.15, 0.2) is 30.3 Å².